The number of alkyl halides is 1. The number of hydrogen-bond donors (Lipinski definition) is 1. The lowest BCUT2D eigenvalue weighted by atomic mass is 10.2. The lowest BCUT2D eigenvalue weighted by Gasteiger charge is -2.21. The lowest BCUT2D eigenvalue weighted by molar-refractivity contribution is -0.118. The van der Waals surface area contributed by atoms with Crippen molar-refractivity contribution < 1.29 is 4.79 Å². The molecule has 0 aromatic heterocycles. The predicted molar refractivity (Wildman–Crippen MR) is 54.4 cm³/mol. The minimum Gasteiger partial charge on any atom is -0.354 e. The van der Waals surface area contributed by atoms with Gasteiger partial charge in [-0.25, -0.2) is 0 Å². The van der Waals surface area contributed by atoms with Gasteiger partial charge in [0.1, 0.15) is 0 Å². The molecule has 0 bridgehead atoms. The number of nitrogens with one attached hydrogen (secondary N) is 1. The molecule has 0 spiro atoms. The molecule has 0 aliphatic heterocycles. The van der Waals surface area contributed by atoms with E-state index in [0.717, 1.165) is 6.54 Å². The molecule has 0 aliphatic carbocycles. The Morgan fingerprint density at radius 1 is 1.64 bits per heavy atom. The van der Waals surface area contributed by atoms with E-state index < -0.39 is 0 Å². The summed E-state index contributed by atoms with van der Waals surface area (Å²) >= 11 is 4.84. The van der Waals surface area contributed by atoms with E-state index >= 15 is 0 Å². The first-order valence-electron chi connectivity index (χ1n) is 3.39. The second-order valence-corrected chi connectivity index (χ2v) is 4.95. The van der Waals surface area contributed by atoms with Gasteiger partial charge in [0.2, 0.25) is 5.91 Å². The fourth-order valence-electron chi connectivity index (χ4n) is 0.431. The van der Waals surface area contributed by atoms with E-state index in [1.807, 2.05) is 6.26 Å². The predicted octanol–water partition coefficient (Wildman–Crippen LogP) is 1.64. The van der Waals surface area contributed by atoms with Crippen LogP contribution in [0.5, 0.6) is 0 Å². The van der Waals surface area contributed by atoms with Gasteiger partial charge in [-0.2, -0.15) is 11.8 Å². The van der Waals surface area contributed by atoms with Gasteiger partial charge < -0.3 is 5.32 Å². The van der Waals surface area contributed by atoms with Gasteiger partial charge in [-0.05, 0) is 20.1 Å². The lowest BCUT2D eigenvalue weighted by Crippen LogP contribution is -2.36. The molecule has 0 heterocycles. The van der Waals surface area contributed by atoms with Crippen LogP contribution >= 0.6 is 27.7 Å². The Labute approximate surface area is 80.6 Å². The van der Waals surface area contributed by atoms with Crippen molar-refractivity contribution in [2.24, 2.45) is 0 Å². The highest BCUT2D eigenvalue weighted by Crippen LogP contribution is 2.19. The number of rotatable bonds is 4. The van der Waals surface area contributed by atoms with Crippen LogP contribution in [-0.2, 0) is 4.79 Å². The third-order valence-electron chi connectivity index (χ3n) is 1.39. The topological polar surface area (TPSA) is 29.1 Å². The van der Waals surface area contributed by atoms with Crippen molar-refractivity contribution in [2.75, 3.05) is 18.1 Å². The van der Waals surface area contributed by atoms with Gasteiger partial charge in [-0.3, -0.25) is 4.79 Å². The molecule has 0 rings (SSSR count). The summed E-state index contributed by atoms with van der Waals surface area (Å²) in [5, 5.41) is 3.20. The number of hydrogen-bond acceptors (Lipinski definition) is 2. The molecule has 0 fully saturated rings. The molecule has 0 unspecified atom stereocenters. The number of carbonyl (C=O) groups excluding carboxylic acids is 1. The molecule has 0 aliphatic rings. The maximum absolute atomic E-state index is 10.8. The van der Waals surface area contributed by atoms with Gasteiger partial charge in [0.15, 0.2) is 0 Å². The summed E-state index contributed by atoms with van der Waals surface area (Å²) in [6, 6.07) is 0. The largest absolute Gasteiger partial charge is 0.354 e. The second-order valence-electron chi connectivity index (χ2n) is 2.87. The molecule has 1 amide bonds. The second kappa shape index (κ2) is 5.04. The van der Waals surface area contributed by atoms with Gasteiger partial charge >= 0.3 is 0 Å². The summed E-state index contributed by atoms with van der Waals surface area (Å²) < 4.78 is 0.137. The summed E-state index contributed by atoms with van der Waals surface area (Å²) in [5.41, 5.74) is 0. The van der Waals surface area contributed by atoms with Crippen molar-refractivity contribution in [3.63, 3.8) is 0 Å². The smallest absolute Gasteiger partial charge is 0.230 e. The molecule has 0 atom stereocenters. The Bertz CT molecular complexity index is 138. The summed E-state index contributed by atoms with van der Waals surface area (Å²) in [6.07, 6.45) is 2.04. The maximum Gasteiger partial charge on any atom is 0.230 e. The molecule has 0 aromatic rings. The molecule has 11 heavy (non-hydrogen) atoms. The van der Waals surface area contributed by atoms with Crippen molar-refractivity contribution in [1.82, 2.24) is 5.32 Å². The van der Waals surface area contributed by atoms with Gasteiger partial charge in [0.05, 0.1) is 5.33 Å². The van der Waals surface area contributed by atoms with Gasteiger partial charge in [-0.15, -0.1) is 0 Å². The zero-order chi connectivity index (χ0) is 8.91. The van der Waals surface area contributed by atoms with Crippen molar-refractivity contribution in [2.45, 2.75) is 18.6 Å². The van der Waals surface area contributed by atoms with Crippen LogP contribution in [0.1, 0.15) is 13.8 Å². The van der Waals surface area contributed by atoms with Crippen LogP contribution in [0.15, 0.2) is 0 Å². The Hall–Kier alpha value is 0.300. The molecule has 66 valence electrons. The van der Waals surface area contributed by atoms with Crippen LogP contribution in [0.2, 0.25) is 0 Å². The van der Waals surface area contributed by atoms with Crippen molar-refractivity contribution in [1.29, 1.82) is 0 Å². The van der Waals surface area contributed by atoms with E-state index in [9.17, 15) is 4.79 Å². The van der Waals surface area contributed by atoms with Gasteiger partial charge in [0.25, 0.3) is 0 Å². The Kier molecular flexibility index (Phi) is 5.17. The van der Waals surface area contributed by atoms with Crippen LogP contribution in [0, 0.1) is 0 Å². The molecule has 1 N–H and O–H groups in total. The summed E-state index contributed by atoms with van der Waals surface area (Å²) in [5.74, 6) is 0.0483. The highest BCUT2D eigenvalue weighted by molar-refractivity contribution is 9.09. The van der Waals surface area contributed by atoms with Crippen molar-refractivity contribution in [3.05, 3.63) is 0 Å². The minimum absolute atomic E-state index is 0.0483. The molecule has 4 heteroatoms. The van der Waals surface area contributed by atoms with Crippen molar-refractivity contribution >= 4 is 33.6 Å². The first-order chi connectivity index (χ1) is 5.02. The normalized spacial score (nSPS) is 11.3. The fraction of sp³-hybridized carbons (Fsp3) is 0.857. The van der Waals surface area contributed by atoms with E-state index in [2.05, 4.69) is 35.1 Å². The minimum atomic E-state index is 0.0483. The first-order valence-corrected chi connectivity index (χ1v) is 5.74. The van der Waals surface area contributed by atoms with E-state index in [4.69, 9.17) is 0 Å². The first kappa shape index (κ1) is 11.3. The summed E-state index contributed by atoms with van der Waals surface area (Å²) in [4.78, 5) is 10.8. The average molecular weight is 240 g/mol. The van der Waals surface area contributed by atoms with Crippen LogP contribution in [0.3, 0.4) is 0 Å². The Morgan fingerprint density at radius 3 is 2.55 bits per heavy atom. The molecular formula is C7H14BrNOS. The number of thioether (sulfide) groups is 1. The molecule has 0 saturated carbocycles. The van der Waals surface area contributed by atoms with E-state index in [1.54, 1.807) is 11.8 Å². The molecule has 2 nitrogen and oxygen atoms in total. The zero-order valence-electron chi connectivity index (χ0n) is 7.11. The van der Waals surface area contributed by atoms with Gasteiger partial charge in [-0.1, -0.05) is 15.9 Å². The number of carbonyl (C=O) groups is 1. The van der Waals surface area contributed by atoms with Crippen LogP contribution in [-0.4, -0.2) is 28.8 Å². The molecule has 0 saturated heterocycles. The van der Waals surface area contributed by atoms with Gasteiger partial charge in [0, 0.05) is 11.3 Å². The quantitative estimate of drug-likeness (QED) is 0.757. The van der Waals surface area contributed by atoms with Crippen molar-refractivity contribution in [3.8, 4) is 0 Å². The highest BCUT2D eigenvalue weighted by atomic mass is 79.9. The number of amides is 1. The monoisotopic (exact) mass is 239 g/mol. The highest BCUT2D eigenvalue weighted by Gasteiger charge is 2.15. The summed E-state index contributed by atoms with van der Waals surface area (Å²) in [6.45, 7) is 4.93. The van der Waals surface area contributed by atoms with Crippen LogP contribution in [0.4, 0.5) is 0 Å². The molecular weight excluding hydrogens is 226 g/mol. The molecule has 0 radical (unpaired) electrons. The van der Waals surface area contributed by atoms with E-state index in [1.165, 1.54) is 0 Å². The average Bonchev–Trinajstić information content (AvgIpc) is 2.00. The summed E-state index contributed by atoms with van der Waals surface area (Å²) in [7, 11) is 0. The zero-order valence-corrected chi connectivity index (χ0v) is 9.51. The maximum atomic E-state index is 10.8. The van der Waals surface area contributed by atoms with Crippen LogP contribution in [0.25, 0.3) is 0 Å². The third kappa shape index (κ3) is 5.56. The third-order valence-corrected chi connectivity index (χ3v) is 3.14. The SMILES string of the molecule is CSC(C)(C)CNC(=O)CBr. The molecule has 0 aromatic carbocycles. The fourth-order valence-corrected chi connectivity index (χ4v) is 0.846. The van der Waals surface area contributed by atoms with E-state index in [0.29, 0.717) is 5.33 Å². The Balaban J connectivity index is 3.61. The van der Waals surface area contributed by atoms with E-state index in [-0.39, 0.29) is 10.7 Å². The van der Waals surface area contributed by atoms with Crippen LogP contribution < -0.4 is 5.32 Å². The number of halogens is 1. The Morgan fingerprint density at radius 2 is 2.18 bits per heavy atom. The standard InChI is InChI=1S/C7H14BrNOS/c1-7(2,11-3)5-9-6(10)4-8/h4-5H2,1-3H3,(H,9,10).